The van der Waals surface area contributed by atoms with E-state index in [2.05, 4.69) is 24.7 Å². The molecule has 2 aromatic heterocycles. The Bertz CT molecular complexity index is 1180. The lowest BCUT2D eigenvalue weighted by Gasteiger charge is -2.27. The number of rotatable bonds is 6. The molecule has 0 unspecified atom stereocenters. The summed E-state index contributed by atoms with van der Waals surface area (Å²) in [5, 5.41) is 4.07. The van der Waals surface area contributed by atoms with Gasteiger partial charge in [0.2, 0.25) is 15.8 Å². The van der Waals surface area contributed by atoms with Crippen LogP contribution >= 0.6 is 0 Å². The van der Waals surface area contributed by atoms with Crippen LogP contribution in [0.1, 0.15) is 18.4 Å². The smallest absolute Gasteiger partial charge is 0.258 e. The van der Waals surface area contributed by atoms with Crippen LogP contribution in [0.2, 0.25) is 0 Å². The van der Waals surface area contributed by atoms with E-state index in [4.69, 9.17) is 9.26 Å². The summed E-state index contributed by atoms with van der Waals surface area (Å²) in [6.45, 7) is 4.90. The number of sulfonamides is 1. The summed E-state index contributed by atoms with van der Waals surface area (Å²) in [7, 11) is -3.57. The predicted molar refractivity (Wildman–Crippen MR) is 114 cm³/mol. The number of ether oxygens (including phenoxy) is 1. The highest BCUT2D eigenvalue weighted by atomic mass is 32.2. The topological polar surface area (TPSA) is 110 Å². The van der Waals surface area contributed by atoms with E-state index in [-0.39, 0.29) is 16.8 Å². The predicted octanol–water partition coefficient (Wildman–Crippen LogP) is 2.38. The van der Waals surface area contributed by atoms with Crippen molar-refractivity contribution in [1.82, 2.24) is 19.8 Å². The van der Waals surface area contributed by atoms with Crippen LogP contribution in [0, 0.1) is 6.92 Å². The molecule has 3 aromatic rings. The van der Waals surface area contributed by atoms with Gasteiger partial charge in [-0.2, -0.15) is 4.98 Å². The minimum Gasteiger partial charge on any atom is -0.378 e. The molecule has 1 saturated heterocycles. The van der Waals surface area contributed by atoms with Gasteiger partial charge in [0.25, 0.3) is 5.89 Å². The van der Waals surface area contributed by atoms with E-state index < -0.39 is 10.0 Å². The molecule has 1 aliphatic carbocycles. The molecular weight excluding hydrogens is 418 g/mol. The summed E-state index contributed by atoms with van der Waals surface area (Å²) >= 11 is 0. The summed E-state index contributed by atoms with van der Waals surface area (Å²) in [6, 6.07) is 8.79. The van der Waals surface area contributed by atoms with Crippen LogP contribution in [-0.4, -0.2) is 55.9 Å². The number of nitrogens with one attached hydrogen (secondary N) is 1. The van der Waals surface area contributed by atoms with Gasteiger partial charge in [-0.25, -0.2) is 18.1 Å². The summed E-state index contributed by atoms with van der Waals surface area (Å²) in [4.78, 5) is 11.4. The SMILES string of the molecule is Cc1ccc(S(=O)(=O)NC2CC2)cc1-c1nc(-c2ccc(N3CCOCC3)nc2)no1. The van der Waals surface area contributed by atoms with Gasteiger partial charge in [0.1, 0.15) is 5.82 Å². The summed E-state index contributed by atoms with van der Waals surface area (Å²) in [5.74, 6) is 1.56. The van der Waals surface area contributed by atoms with Gasteiger partial charge in [0.05, 0.1) is 18.1 Å². The van der Waals surface area contributed by atoms with Crippen molar-refractivity contribution in [2.75, 3.05) is 31.2 Å². The fraction of sp³-hybridized carbons (Fsp3) is 0.381. The maximum atomic E-state index is 12.6. The minimum atomic E-state index is -3.57. The molecule has 0 spiro atoms. The number of nitrogens with zero attached hydrogens (tertiary/aromatic N) is 4. The molecule has 0 bridgehead atoms. The molecule has 10 heteroatoms. The highest BCUT2D eigenvalue weighted by Crippen LogP contribution is 2.29. The third-order valence-electron chi connectivity index (χ3n) is 5.42. The lowest BCUT2D eigenvalue weighted by atomic mass is 10.1. The first kappa shape index (κ1) is 20.1. The standard InChI is InChI=1S/C21H23N5O4S/c1-14-2-6-17(31(27,28)25-16-4-5-16)12-18(14)21-23-20(24-30-21)15-3-7-19(22-13-15)26-8-10-29-11-9-26/h2-3,6-7,12-13,16,25H,4-5,8-11H2,1H3. The van der Waals surface area contributed by atoms with Gasteiger partial charge < -0.3 is 14.2 Å². The number of pyridine rings is 1. The van der Waals surface area contributed by atoms with Gasteiger partial charge in [-0.15, -0.1) is 0 Å². The molecule has 0 atom stereocenters. The van der Waals surface area contributed by atoms with Crippen LogP contribution in [0.25, 0.3) is 22.8 Å². The molecule has 3 heterocycles. The Kier molecular flexibility index (Phi) is 5.20. The number of aromatic nitrogens is 3. The Labute approximate surface area is 180 Å². The van der Waals surface area contributed by atoms with Gasteiger partial charge in [0.15, 0.2) is 0 Å². The van der Waals surface area contributed by atoms with E-state index in [0.29, 0.717) is 24.6 Å². The molecule has 1 aromatic carbocycles. The average Bonchev–Trinajstić information content (AvgIpc) is 3.45. The first-order valence-electron chi connectivity index (χ1n) is 10.3. The number of benzene rings is 1. The third-order valence-corrected chi connectivity index (χ3v) is 6.93. The third kappa shape index (κ3) is 4.32. The van der Waals surface area contributed by atoms with E-state index in [1.54, 1.807) is 24.4 Å². The van der Waals surface area contributed by atoms with E-state index in [1.165, 1.54) is 0 Å². The number of anilines is 1. The van der Waals surface area contributed by atoms with Crippen LogP contribution in [0.4, 0.5) is 5.82 Å². The summed E-state index contributed by atoms with van der Waals surface area (Å²) in [6.07, 6.45) is 3.47. The van der Waals surface area contributed by atoms with E-state index in [1.807, 2.05) is 19.1 Å². The second-order valence-electron chi connectivity index (χ2n) is 7.80. The van der Waals surface area contributed by atoms with Crippen LogP contribution in [0.5, 0.6) is 0 Å². The summed E-state index contributed by atoms with van der Waals surface area (Å²) < 4.78 is 38.7. The number of morpholine rings is 1. The van der Waals surface area contributed by atoms with Gasteiger partial charge >= 0.3 is 0 Å². The Morgan fingerprint density at radius 1 is 1.13 bits per heavy atom. The molecule has 5 rings (SSSR count). The molecule has 1 saturated carbocycles. The van der Waals surface area contributed by atoms with E-state index >= 15 is 0 Å². The second-order valence-corrected chi connectivity index (χ2v) is 9.51. The molecular formula is C21H23N5O4S. The highest BCUT2D eigenvalue weighted by molar-refractivity contribution is 7.89. The fourth-order valence-electron chi connectivity index (χ4n) is 3.44. The van der Waals surface area contributed by atoms with Crippen molar-refractivity contribution in [2.24, 2.45) is 0 Å². The molecule has 31 heavy (non-hydrogen) atoms. The molecule has 2 aliphatic rings. The maximum Gasteiger partial charge on any atom is 0.258 e. The zero-order valence-electron chi connectivity index (χ0n) is 17.1. The van der Waals surface area contributed by atoms with Gasteiger partial charge in [-0.1, -0.05) is 11.2 Å². The molecule has 0 amide bonds. The first-order chi connectivity index (χ1) is 15.0. The lowest BCUT2D eigenvalue weighted by Crippen LogP contribution is -2.36. The Hall–Kier alpha value is -2.82. The monoisotopic (exact) mass is 441 g/mol. The Balaban J connectivity index is 1.39. The maximum absolute atomic E-state index is 12.6. The van der Waals surface area contributed by atoms with Gasteiger partial charge in [-0.3, -0.25) is 0 Å². The minimum absolute atomic E-state index is 0.0395. The molecule has 0 radical (unpaired) electrons. The van der Waals surface area contributed by atoms with Crippen molar-refractivity contribution < 1.29 is 17.7 Å². The van der Waals surface area contributed by atoms with Crippen molar-refractivity contribution in [3.63, 3.8) is 0 Å². The fourth-order valence-corrected chi connectivity index (χ4v) is 4.77. The Morgan fingerprint density at radius 3 is 2.65 bits per heavy atom. The van der Waals surface area contributed by atoms with E-state index in [0.717, 1.165) is 42.9 Å². The number of hydrogen-bond donors (Lipinski definition) is 1. The van der Waals surface area contributed by atoms with Crippen LogP contribution in [0.3, 0.4) is 0 Å². The van der Waals surface area contributed by atoms with Crippen LogP contribution < -0.4 is 9.62 Å². The van der Waals surface area contributed by atoms with Crippen molar-refractivity contribution in [2.45, 2.75) is 30.7 Å². The molecule has 162 valence electrons. The first-order valence-corrected chi connectivity index (χ1v) is 11.7. The zero-order valence-corrected chi connectivity index (χ0v) is 17.9. The van der Waals surface area contributed by atoms with Gasteiger partial charge in [-0.05, 0) is 49.6 Å². The van der Waals surface area contributed by atoms with Crippen LogP contribution in [0.15, 0.2) is 45.9 Å². The van der Waals surface area contributed by atoms with Gasteiger partial charge in [0, 0.05) is 36.5 Å². The molecule has 1 aliphatic heterocycles. The summed E-state index contributed by atoms with van der Waals surface area (Å²) in [5.41, 5.74) is 2.17. The van der Waals surface area contributed by atoms with Crippen molar-refractivity contribution in [1.29, 1.82) is 0 Å². The largest absolute Gasteiger partial charge is 0.378 e. The molecule has 9 nitrogen and oxygen atoms in total. The number of aryl methyl sites for hydroxylation is 1. The van der Waals surface area contributed by atoms with Crippen molar-refractivity contribution >= 4 is 15.8 Å². The van der Waals surface area contributed by atoms with E-state index in [9.17, 15) is 8.42 Å². The molecule has 1 N–H and O–H groups in total. The van der Waals surface area contributed by atoms with Crippen molar-refractivity contribution in [3.8, 4) is 22.8 Å². The zero-order chi connectivity index (χ0) is 21.4. The average molecular weight is 442 g/mol. The number of hydrogen-bond acceptors (Lipinski definition) is 8. The quantitative estimate of drug-likeness (QED) is 0.621. The highest BCUT2D eigenvalue weighted by Gasteiger charge is 2.28. The lowest BCUT2D eigenvalue weighted by molar-refractivity contribution is 0.122. The van der Waals surface area contributed by atoms with Crippen LogP contribution in [-0.2, 0) is 14.8 Å². The van der Waals surface area contributed by atoms with Crippen molar-refractivity contribution in [3.05, 3.63) is 42.1 Å². The normalized spacial score (nSPS) is 17.1. The Morgan fingerprint density at radius 2 is 1.94 bits per heavy atom. The molecule has 2 fully saturated rings. The second kappa shape index (κ2) is 8.03.